The molecule has 0 saturated heterocycles. The highest BCUT2D eigenvalue weighted by atomic mass is 16.3. The van der Waals surface area contributed by atoms with Crippen molar-refractivity contribution in [2.24, 2.45) is 0 Å². The summed E-state index contributed by atoms with van der Waals surface area (Å²) in [6.45, 7) is 0. The van der Waals surface area contributed by atoms with Crippen molar-refractivity contribution in [2.75, 3.05) is 0 Å². The first-order valence-electron chi connectivity index (χ1n) is 24.1. The molecule has 0 saturated carbocycles. The van der Waals surface area contributed by atoms with E-state index in [0.29, 0.717) is 0 Å². The quantitative estimate of drug-likeness (QED) is 0.131. The van der Waals surface area contributed by atoms with Crippen LogP contribution < -0.4 is 0 Å². The average Bonchev–Trinajstić information content (AvgIpc) is 3.97. The summed E-state index contributed by atoms with van der Waals surface area (Å²) in [4.78, 5) is 0. The van der Waals surface area contributed by atoms with Crippen LogP contribution in [0.15, 0.2) is 239 Å². The van der Waals surface area contributed by atoms with Crippen LogP contribution in [0.1, 0.15) is 0 Å². The summed E-state index contributed by atoms with van der Waals surface area (Å²) in [5, 5.41) is 24.1. The molecule has 0 N–H and O–H groups in total. The first-order valence-corrected chi connectivity index (χ1v) is 24.1. The topological polar surface area (TPSA) is 26.3 Å². The summed E-state index contributed by atoms with van der Waals surface area (Å²) in [7, 11) is 0. The van der Waals surface area contributed by atoms with E-state index in [1.165, 1.54) is 114 Å². The highest BCUT2D eigenvalue weighted by Crippen LogP contribution is 2.51. The standard InChI is InChI=1S/C68H38O2/c1-2-16-40-36-63-59(33-39(40)15-1)57-34-41(29-31-61(57)69-63)65-47-21-7-11-25-51(47)67(52-26-12-8-22-48(52)65)68-53-27-13-9-23-49(53)66(50-24-10-14-28-54(50)68)42-30-32-62-58(35-42)60-37-55-45-19-5-3-17-43(45)44-18-4-6-20-46(44)56(55)38-64(60)70-62/h1-38H. The van der Waals surface area contributed by atoms with Crippen LogP contribution in [-0.4, -0.2) is 0 Å². The Morgan fingerprint density at radius 1 is 0.171 bits per heavy atom. The minimum atomic E-state index is 0.888. The highest BCUT2D eigenvalue weighted by Gasteiger charge is 2.24. The van der Waals surface area contributed by atoms with Gasteiger partial charge >= 0.3 is 0 Å². The molecule has 0 spiro atoms. The van der Waals surface area contributed by atoms with Crippen LogP contribution in [0, 0.1) is 0 Å². The molecule has 0 aliphatic heterocycles. The van der Waals surface area contributed by atoms with E-state index in [4.69, 9.17) is 8.83 Å². The van der Waals surface area contributed by atoms with E-state index in [0.717, 1.165) is 49.4 Å². The van der Waals surface area contributed by atoms with Crippen molar-refractivity contribution in [3.63, 3.8) is 0 Å². The Kier molecular flexibility index (Phi) is 7.64. The van der Waals surface area contributed by atoms with Crippen molar-refractivity contribution in [1.29, 1.82) is 0 Å². The number of furan rings is 2. The van der Waals surface area contributed by atoms with Crippen LogP contribution in [-0.2, 0) is 0 Å². The second-order valence-corrected chi connectivity index (χ2v) is 19.0. The maximum Gasteiger partial charge on any atom is 0.136 e. The Bertz CT molecular complexity index is 4840. The number of rotatable bonds is 3. The largest absolute Gasteiger partial charge is 0.456 e. The fraction of sp³-hybridized carbons (Fsp3) is 0. The molecule has 0 fully saturated rings. The van der Waals surface area contributed by atoms with Gasteiger partial charge in [0.2, 0.25) is 0 Å². The Balaban J connectivity index is 0.945. The smallest absolute Gasteiger partial charge is 0.136 e. The summed E-state index contributed by atoms with van der Waals surface area (Å²) >= 11 is 0. The summed E-state index contributed by atoms with van der Waals surface area (Å²) in [6.07, 6.45) is 0. The van der Waals surface area contributed by atoms with E-state index in [1.807, 2.05) is 0 Å². The third-order valence-electron chi connectivity index (χ3n) is 15.4. The molecule has 0 aliphatic rings. The number of hydrogen-bond acceptors (Lipinski definition) is 2. The van der Waals surface area contributed by atoms with Gasteiger partial charge in [0, 0.05) is 21.5 Å². The van der Waals surface area contributed by atoms with Gasteiger partial charge in [-0.15, -0.1) is 0 Å². The van der Waals surface area contributed by atoms with Crippen molar-refractivity contribution >= 4 is 130 Å². The Morgan fingerprint density at radius 3 is 0.900 bits per heavy atom. The number of benzene rings is 14. The lowest BCUT2D eigenvalue weighted by atomic mass is 9.81. The van der Waals surface area contributed by atoms with E-state index in [2.05, 4.69) is 231 Å². The molecule has 2 aromatic heterocycles. The monoisotopic (exact) mass is 886 g/mol. The van der Waals surface area contributed by atoms with Gasteiger partial charge in [-0.05, 0) is 168 Å². The van der Waals surface area contributed by atoms with E-state index in [9.17, 15) is 0 Å². The van der Waals surface area contributed by atoms with Crippen LogP contribution in [0.25, 0.3) is 163 Å². The summed E-state index contributed by atoms with van der Waals surface area (Å²) in [5.74, 6) is 0. The predicted molar refractivity (Wildman–Crippen MR) is 297 cm³/mol. The van der Waals surface area contributed by atoms with Gasteiger partial charge in [-0.2, -0.15) is 0 Å². The van der Waals surface area contributed by atoms with Gasteiger partial charge in [0.05, 0.1) is 0 Å². The zero-order chi connectivity index (χ0) is 45.6. The van der Waals surface area contributed by atoms with E-state index in [-0.39, 0.29) is 0 Å². The molecule has 2 nitrogen and oxygen atoms in total. The van der Waals surface area contributed by atoms with E-state index >= 15 is 0 Å². The molecule has 2 heteroatoms. The van der Waals surface area contributed by atoms with Crippen LogP contribution >= 0.6 is 0 Å². The molecule has 0 bridgehead atoms. The van der Waals surface area contributed by atoms with Gasteiger partial charge in [-0.25, -0.2) is 0 Å². The third kappa shape index (κ3) is 5.22. The lowest BCUT2D eigenvalue weighted by Crippen LogP contribution is -1.94. The molecule has 0 unspecified atom stereocenters. The van der Waals surface area contributed by atoms with Gasteiger partial charge in [-0.1, -0.05) is 182 Å². The summed E-state index contributed by atoms with van der Waals surface area (Å²) < 4.78 is 13.2. The second kappa shape index (κ2) is 14.1. The van der Waals surface area contributed by atoms with Crippen molar-refractivity contribution in [2.45, 2.75) is 0 Å². The zero-order valence-electron chi connectivity index (χ0n) is 37.8. The summed E-state index contributed by atoms with van der Waals surface area (Å²) in [5.41, 5.74) is 10.9. The molecular formula is C68H38O2. The van der Waals surface area contributed by atoms with E-state index in [1.54, 1.807) is 0 Å². The van der Waals surface area contributed by atoms with E-state index < -0.39 is 0 Å². The second-order valence-electron chi connectivity index (χ2n) is 19.0. The van der Waals surface area contributed by atoms with Crippen molar-refractivity contribution in [3.8, 4) is 33.4 Å². The lowest BCUT2D eigenvalue weighted by Gasteiger charge is -2.22. The van der Waals surface area contributed by atoms with Crippen LogP contribution in [0.5, 0.6) is 0 Å². The van der Waals surface area contributed by atoms with Gasteiger partial charge in [-0.3, -0.25) is 0 Å². The van der Waals surface area contributed by atoms with Crippen molar-refractivity contribution < 1.29 is 8.83 Å². The molecule has 322 valence electrons. The van der Waals surface area contributed by atoms with Crippen LogP contribution in [0.3, 0.4) is 0 Å². The maximum atomic E-state index is 6.73. The average molecular weight is 887 g/mol. The minimum absolute atomic E-state index is 0.888. The van der Waals surface area contributed by atoms with Gasteiger partial charge in [0.15, 0.2) is 0 Å². The van der Waals surface area contributed by atoms with Crippen LogP contribution in [0.2, 0.25) is 0 Å². The molecule has 14 aromatic carbocycles. The first-order chi connectivity index (χ1) is 34.7. The molecule has 0 amide bonds. The van der Waals surface area contributed by atoms with Crippen LogP contribution in [0.4, 0.5) is 0 Å². The molecule has 70 heavy (non-hydrogen) atoms. The fourth-order valence-electron chi connectivity index (χ4n) is 12.4. The Labute approximate surface area is 400 Å². The fourth-order valence-corrected chi connectivity index (χ4v) is 12.4. The third-order valence-corrected chi connectivity index (χ3v) is 15.4. The van der Waals surface area contributed by atoms with Crippen molar-refractivity contribution in [3.05, 3.63) is 231 Å². The lowest BCUT2D eigenvalue weighted by molar-refractivity contribution is 0.669. The number of hydrogen-bond donors (Lipinski definition) is 0. The molecule has 0 atom stereocenters. The Hall–Kier alpha value is -9.24. The molecular weight excluding hydrogens is 849 g/mol. The molecule has 2 heterocycles. The molecule has 0 aliphatic carbocycles. The minimum Gasteiger partial charge on any atom is -0.456 e. The molecule has 0 radical (unpaired) electrons. The SMILES string of the molecule is c1ccc2cc3c(cc2c1)oc1ccc(-c2c4ccccc4c(-c4c5ccccc5c(-c5ccc6oc7cc8c9ccccc9c9ccccc9c8cc7c6c5)c5ccccc45)c4ccccc24)cc13. The Morgan fingerprint density at radius 2 is 0.471 bits per heavy atom. The van der Waals surface area contributed by atoms with Gasteiger partial charge in [0.1, 0.15) is 22.3 Å². The number of fused-ring (bicyclic) bond motifs is 17. The zero-order valence-corrected chi connectivity index (χ0v) is 37.8. The predicted octanol–water partition coefficient (Wildman–Crippen LogP) is 19.7. The highest BCUT2D eigenvalue weighted by molar-refractivity contribution is 6.32. The normalized spacial score (nSPS) is 12.3. The maximum absolute atomic E-state index is 6.73. The first kappa shape index (κ1) is 37.8. The van der Waals surface area contributed by atoms with Gasteiger partial charge < -0.3 is 8.83 Å². The molecule has 16 aromatic rings. The summed E-state index contributed by atoms with van der Waals surface area (Å²) in [6, 6.07) is 84.8. The van der Waals surface area contributed by atoms with Crippen molar-refractivity contribution in [1.82, 2.24) is 0 Å². The molecule has 16 rings (SSSR count). The van der Waals surface area contributed by atoms with Gasteiger partial charge in [0.25, 0.3) is 0 Å².